The minimum absolute atomic E-state index is 0.000117. The lowest BCUT2D eigenvalue weighted by molar-refractivity contribution is -0.131. The number of carbonyl (C=O) groups excluding carboxylic acids is 2. The molecule has 2 N–H and O–H groups in total. The zero-order chi connectivity index (χ0) is 16.8. The molecule has 2 aromatic rings. The van der Waals surface area contributed by atoms with Gasteiger partial charge in [-0.3, -0.25) is 14.5 Å². The molecule has 0 radical (unpaired) electrons. The number of nitrogens with one attached hydrogen (secondary N) is 2. The van der Waals surface area contributed by atoms with Crippen molar-refractivity contribution in [1.29, 1.82) is 0 Å². The maximum atomic E-state index is 13.1. The smallest absolute Gasteiger partial charge is 0.256 e. The fourth-order valence-corrected chi connectivity index (χ4v) is 3.79. The quantitative estimate of drug-likeness (QED) is 0.823. The monoisotopic (exact) mass is 326 g/mol. The molecule has 2 aliphatic heterocycles. The fraction of sp³-hybridized carbons (Fsp3) is 0.444. The predicted molar refractivity (Wildman–Crippen MR) is 92.0 cm³/mol. The van der Waals surface area contributed by atoms with E-state index in [1.165, 1.54) is 5.56 Å². The topological polar surface area (TPSA) is 68.4 Å². The Morgan fingerprint density at radius 2 is 2.04 bits per heavy atom. The molecule has 0 aliphatic carbocycles. The Bertz CT molecular complexity index is 826. The number of aryl methyl sites for hydroxylation is 2. The number of nitrogens with zero attached hydrogens (tertiary/aromatic N) is 2. The Morgan fingerprint density at radius 3 is 2.88 bits per heavy atom. The number of aromatic amines is 1. The van der Waals surface area contributed by atoms with Crippen molar-refractivity contribution in [2.24, 2.45) is 0 Å². The molecule has 0 bridgehead atoms. The number of piperazine rings is 2. The summed E-state index contributed by atoms with van der Waals surface area (Å²) in [6.07, 6.45) is 0. The van der Waals surface area contributed by atoms with Crippen molar-refractivity contribution >= 4 is 22.7 Å². The summed E-state index contributed by atoms with van der Waals surface area (Å²) in [7, 11) is 0. The first-order chi connectivity index (χ1) is 11.6. The standard InChI is InChI=1S/C18H22N4O2/c1-11-12(2)20-16-13(11)4-3-5-14(16)18(24)22-9-8-21-7-6-19-17(23)15(21)10-22/h3-5,15,20H,6-10H2,1-2H3,(H,19,23)/t15-/m1/s1. The zero-order valence-electron chi connectivity index (χ0n) is 14.1. The summed E-state index contributed by atoms with van der Waals surface area (Å²) in [5.41, 5.74) is 3.85. The highest BCUT2D eigenvalue weighted by atomic mass is 16.2. The van der Waals surface area contributed by atoms with Crippen LogP contribution in [0.5, 0.6) is 0 Å². The molecule has 126 valence electrons. The number of benzene rings is 1. The van der Waals surface area contributed by atoms with E-state index in [0.717, 1.165) is 29.7 Å². The van der Waals surface area contributed by atoms with E-state index < -0.39 is 0 Å². The SMILES string of the molecule is Cc1[nH]c2c(C(=O)N3CCN4CCNC(=O)[C@H]4C3)cccc2c1C. The van der Waals surface area contributed by atoms with Crippen molar-refractivity contribution in [2.75, 3.05) is 32.7 Å². The van der Waals surface area contributed by atoms with Crippen LogP contribution in [0.15, 0.2) is 18.2 Å². The van der Waals surface area contributed by atoms with Gasteiger partial charge in [0.1, 0.15) is 6.04 Å². The number of carbonyl (C=O) groups is 2. The van der Waals surface area contributed by atoms with Crippen LogP contribution in [0.25, 0.3) is 10.9 Å². The number of fused-ring (bicyclic) bond motifs is 2. The second kappa shape index (κ2) is 5.63. The average molecular weight is 326 g/mol. The lowest BCUT2D eigenvalue weighted by atomic mass is 10.0. The van der Waals surface area contributed by atoms with Crippen LogP contribution in [0.3, 0.4) is 0 Å². The highest BCUT2D eigenvalue weighted by Crippen LogP contribution is 2.26. The van der Waals surface area contributed by atoms with Crippen LogP contribution in [0, 0.1) is 13.8 Å². The Kier molecular flexibility index (Phi) is 3.57. The van der Waals surface area contributed by atoms with Gasteiger partial charge in [-0.25, -0.2) is 0 Å². The second-order valence-corrected chi connectivity index (χ2v) is 6.70. The fourth-order valence-electron chi connectivity index (χ4n) is 3.79. The Morgan fingerprint density at radius 1 is 1.21 bits per heavy atom. The molecule has 2 amide bonds. The molecule has 1 aromatic heterocycles. The van der Waals surface area contributed by atoms with Gasteiger partial charge in [-0.15, -0.1) is 0 Å². The van der Waals surface area contributed by atoms with Crippen LogP contribution in [0.2, 0.25) is 0 Å². The largest absolute Gasteiger partial charge is 0.358 e. The summed E-state index contributed by atoms with van der Waals surface area (Å²) in [5, 5.41) is 3.99. The van der Waals surface area contributed by atoms with E-state index in [-0.39, 0.29) is 17.9 Å². The molecule has 0 unspecified atom stereocenters. The van der Waals surface area contributed by atoms with Gasteiger partial charge in [0.2, 0.25) is 5.91 Å². The normalized spacial score (nSPS) is 21.7. The minimum atomic E-state index is -0.220. The number of hydrogen-bond acceptors (Lipinski definition) is 3. The molecule has 0 saturated carbocycles. The Labute approximate surface area is 140 Å². The molecule has 4 rings (SSSR count). The maximum absolute atomic E-state index is 13.1. The highest BCUT2D eigenvalue weighted by molar-refractivity contribution is 6.07. The van der Waals surface area contributed by atoms with Crippen molar-refractivity contribution in [3.8, 4) is 0 Å². The van der Waals surface area contributed by atoms with Crippen LogP contribution in [0.4, 0.5) is 0 Å². The van der Waals surface area contributed by atoms with E-state index in [0.29, 0.717) is 25.2 Å². The first kappa shape index (κ1) is 15.2. The molecular formula is C18H22N4O2. The molecular weight excluding hydrogens is 304 g/mol. The van der Waals surface area contributed by atoms with Crippen LogP contribution < -0.4 is 5.32 Å². The molecule has 2 aliphatic rings. The molecule has 1 atom stereocenters. The van der Waals surface area contributed by atoms with Gasteiger partial charge in [0.15, 0.2) is 0 Å². The number of H-pyrrole nitrogens is 1. The van der Waals surface area contributed by atoms with Gasteiger partial charge >= 0.3 is 0 Å². The van der Waals surface area contributed by atoms with Gasteiger partial charge < -0.3 is 15.2 Å². The van der Waals surface area contributed by atoms with E-state index in [1.807, 2.05) is 30.0 Å². The van der Waals surface area contributed by atoms with Gasteiger partial charge in [0.05, 0.1) is 11.1 Å². The molecule has 6 heteroatoms. The van der Waals surface area contributed by atoms with Gasteiger partial charge in [-0.1, -0.05) is 12.1 Å². The Balaban J connectivity index is 1.65. The molecule has 24 heavy (non-hydrogen) atoms. The summed E-state index contributed by atoms with van der Waals surface area (Å²) in [4.78, 5) is 32.5. The van der Waals surface area contributed by atoms with Crippen LogP contribution >= 0.6 is 0 Å². The number of aromatic nitrogens is 1. The molecule has 2 saturated heterocycles. The summed E-state index contributed by atoms with van der Waals surface area (Å²) >= 11 is 0. The summed E-state index contributed by atoms with van der Waals surface area (Å²) in [5.74, 6) is 0.0309. The third-order valence-corrected chi connectivity index (χ3v) is 5.35. The van der Waals surface area contributed by atoms with Crippen molar-refractivity contribution < 1.29 is 9.59 Å². The van der Waals surface area contributed by atoms with Crippen molar-refractivity contribution in [3.05, 3.63) is 35.0 Å². The number of amides is 2. The van der Waals surface area contributed by atoms with Gasteiger partial charge in [-0.05, 0) is 25.5 Å². The first-order valence-corrected chi connectivity index (χ1v) is 8.45. The number of rotatable bonds is 1. The van der Waals surface area contributed by atoms with Crippen molar-refractivity contribution in [1.82, 2.24) is 20.1 Å². The predicted octanol–water partition coefficient (Wildman–Crippen LogP) is 1.04. The van der Waals surface area contributed by atoms with E-state index >= 15 is 0 Å². The lowest BCUT2D eigenvalue weighted by Crippen LogP contribution is -2.64. The van der Waals surface area contributed by atoms with Gasteiger partial charge in [0, 0.05) is 43.8 Å². The minimum Gasteiger partial charge on any atom is -0.358 e. The average Bonchev–Trinajstić information content (AvgIpc) is 2.89. The van der Waals surface area contributed by atoms with Gasteiger partial charge in [-0.2, -0.15) is 0 Å². The van der Waals surface area contributed by atoms with E-state index in [1.54, 1.807) is 0 Å². The van der Waals surface area contributed by atoms with Crippen molar-refractivity contribution in [3.63, 3.8) is 0 Å². The maximum Gasteiger partial charge on any atom is 0.256 e. The van der Waals surface area contributed by atoms with E-state index in [2.05, 4.69) is 22.1 Å². The lowest BCUT2D eigenvalue weighted by Gasteiger charge is -2.43. The first-order valence-electron chi connectivity index (χ1n) is 8.45. The third kappa shape index (κ3) is 2.29. The second-order valence-electron chi connectivity index (χ2n) is 6.70. The molecule has 0 spiro atoms. The summed E-state index contributed by atoms with van der Waals surface area (Å²) < 4.78 is 0. The third-order valence-electron chi connectivity index (χ3n) is 5.35. The Hall–Kier alpha value is -2.34. The molecule has 1 aromatic carbocycles. The highest BCUT2D eigenvalue weighted by Gasteiger charge is 2.36. The summed E-state index contributed by atoms with van der Waals surface area (Å²) in [6, 6.07) is 5.62. The number of hydrogen-bond donors (Lipinski definition) is 2. The summed E-state index contributed by atoms with van der Waals surface area (Å²) in [6.45, 7) is 7.52. The molecule has 2 fully saturated rings. The van der Waals surface area contributed by atoms with Gasteiger partial charge in [0.25, 0.3) is 5.91 Å². The zero-order valence-corrected chi connectivity index (χ0v) is 14.1. The molecule has 6 nitrogen and oxygen atoms in total. The van der Waals surface area contributed by atoms with E-state index in [9.17, 15) is 9.59 Å². The van der Waals surface area contributed by atoms with E-state index in [4.69, 9.17) is 0 Å². The van der Waals surface area contributed by atoms with Crippen molar-refractivity contribution in [2.45, 2.75) is 19.9 Å². The van der Waals surface area contributed by atoms with Crippen LogP contribution in [0.1, 0.15) is 21.6 Å². The van der Waals surface area contributed by atoms with Crippen LogP contribution in [-0.2, 0) is 4.79 Å². The number of para-hydroxylation sites is 1. The molecule has 3 heterocycles. The van der Waals surface area contributed by atoms with Crippen LogP contribution in [-0.4, -0.2) is 65.4 Å².